The van der Waals surface area contributed by atoms with Crippen molar-refractivity contribution < 1.29 is 14.6 Å². The second-order valence-corrected chi connectivity index (χ2v) is 6.56. The van der Waals surface area contributed by atoms with E-state index in [1.807, 2.05) is 0 Å². The van der Waals surface area contributed by atoms with Gasteiger partial charge in [-0.2, -0.15) is 4.89 Å². The molecule has 1 aromatic carbocycles. The van der Waals surface area contributed by atoms with Crippen molar-refractivity contribution in [3.63, 3.8) is 0 Å². The van der Waals surface area contributed by atoms with E-state index in [-0.39, 0.29) is 6.09 Å². The Morgan fingerprint density at radius 2 is 1.88 bits per heavy atom. The van der Waals surface area contributed by atoms with Crippen LogP contribution in [0.5, 0.6) is 0 Å². The molecule has 24 heavy (non-hydrogen) atoms. The van der Waals surface area contributed by atoms with Crippen molar-refractivity contribution in [1.82, 2.24) is 14.7 Å². The molecule has 1 unspecified atom stereocenters. The lowest BCUT2D eigenvalue weighted by atomic mass is 10.0. The van der Waals surface area contributed by atoms with Gasteiger partial charge in [0.2, 0.25) is 0 Å². The van der Waals surface area contributed by atoms with Gasteiger partial charge >= 0.3 is 6.09 Å². The summed E-state index contributed by atoms with van der Waals surface area (Å²) in [5.74, 6) is 0. The first-order valence-electron chi connectivity index (χ1n) is 8.76. The van der Waals surface area contributed by atoms with E-state index >= 15 is 0 Å². The number of carbonyl (C=O) groups excluding carboxylic acids is 1. The van der Waals surface area contributed by atoms with Gasteiger partial charge in [-0.15, -0.1) is 0 Å². The normalized spacial score (nSPS) is 23.2. The Labute approximate surface area is 143 Å². The van der Waals surface area contributed by atoms with Crippen LogP contribution in [0.25, 0.3) is 0 Å². The van der Waals surface area contributed by atoms with Crippen molar-refractivity contribution in [2.75, 3.05) is 46.4 Å². The quantitative estimate of drug-likeness (QED) is 0.623. The zero-order chi connectivity index (χ0) is 16.8. The van der Waals surface area contributed by atoms with Crippen LogP contribution in [0.15, 0.2) is 30.3 Å². The van der Waals surface area contributed by atoms with Crippen LogP contribution in [0.1, 0.15) is 18.4 Å². The molecule has 0 aliphatic carbocycles. The minimum Gasteiger partial charge on any atom is -0.304 e. The van der Waals surface area contributed by atoms with E-state index in [1.54, 1.807) is 4.90 Å². The van der Waals surface area contributed by atoms with Gasteiger partial charge in [0.1, 0.15) is 0 Å². The molecule has 1 aromatic rings. The summed E-state index contributed by atoms with van der Waals surface area (Å²) in [7, 11) is 1.37. The Morgan fingerprint density at radius 3 is 2.58 bits per heavy atom. The van der Waals surface area contributed by atoms with Gasteiger partial charge in [0.15, 0.2) is 0 Å². The molecule has 2 aliphatic heterocycles. The maximum atomic E-state index is 11.8. The lowest BCUT2D eigenvalue weighted by Crippen LogP contribution is -2.55. The van der Waals surface area contributed by atoms with E-state index < -0.39 is 0 Å². The Bertz CT molecular complexity index is 518. The molecule has 2 heterocycles. The molecular weight excluding hydrogens is 306 g/mol. The van der Waals surface area contributed by atoms with Crippen molar-refractivity contribution in [2.24, 2.45) is 0 Å². The molecule has 1 amide bonds. The molecule has 1 atom stereocenters. The second kappa shape index (κ2) is 8.46. The van der Waals surface area contributed by atoms with Gasteiger partial charge < -0.3 is 4.90 Å². The molecule has 0 saturated carbocycles. The Kier molecular flexibility index (Phi) is 6.07. The first-order chi connectivity index (χ1) is 11.8. The summed E-state index contributed by atoms with van der Waals surface area (Å²) in [6, 6.07) is 11.1. The standard InChI is InChI=1S/C18H27N3O3/c1-23-24-18(22)21-9-5-8-17(15-21)20-12-10-19(11-13-20)14-16-6-3-2-4-7-16/h2-4,6-7,17H,5,8-15H2,1H3. The van der Waals surface area contributed by atoms with Crippen LogP contribution < -0.4 is 0 Å². The van der Waals surface area contributed by atoms with Crippen LogP contribution >= 0.6 is 0 Å². The predicted molar refractivity (Wildman–Crippen MR) is 91.4 cm³/mol. The monoisotopic (exact) mass is 333 g/mol. The Balaban J connectivity index is 1.46. The number of likely N-dealkylation sites (tertiary alicyclic amines) is 1. The van der Waals surface area contributed by atoms with E-state index in [2.05, 4.69) is 49.9 Å². The number of carbonyl (C=O) groups is 1. The lowest BCUT2D eigenvalue weighted by molar-refractivity contribution is -0.222. The molecule has 2 fully saturated rings. The number of piperazine rings is 1. The van der Waals surface area contributed by atoms with E-state index in [0.717, 1.165) is 58.7 Å². The zero-order valence-corrected chi connectivity index (χ0v) is 14.4. The number of hydrogen-bond donors (Lipinski definition) is 0. The first-order valence-corrected chi connectivity index (χ1v) is 8.76. The SMILES string of the molecule is COOC(=O)N1CCCC(N2CCN(Cc3ccccc3)CC2)C1. The predicted octanol–water partition coefficient (Wildman–Crippen LogP) is 1.97. The summed E-state index contributed by atoms with van der Waals surface area (Å²) in [5, 5.41) is 0. The highest BCUT2D eigenvalue weighted by molar-refractivity contribution is 5.67. The summed E-state index contributed by atoms with van der Waals surface area (Å²) < 4.78 is 0. The summed E-state index contributed by atoms with van der Waals surface area (Å²) >= 11 is 0. The fraction of sp³-hybridized carbons (Fsp3) is 0.611. The highest BCUT2D eigenvalue weighted by Gasteiger charge is 2.30. The first kappa shape index (κ1) is 17.2. The van der Waals surface area contributed by atoms with Crippen LogP contribution in [-0.4, -0.2) is 73.2 Å². The average molecular weight is 333 g/mol. The second-order valence-electron chi connectivity index (χ2n) is 6.56. The molecule has 2 saturated heterocycles. The topological polar surface area (TPSA) is 45.3 Å². The fourth-order valence-electron chi connectivity index (χ4n) is 3.67. The van der Waals surface area contributed by atoms with Gasteiger partial charge in [-0.05, 0) is 18.4 Å². The van der Waals surface area contributed by atoms with Crippen molar-refractivity contribution >= 4 is 6.09 Å². The Hall–Kier alpha value is -1.63. The van der Waals surface area contributed by atoms with E-state index in [4.69, 9.17) is 0 Å². The van der Waals surface area contributed by atoms with Gasteiger partial charge in [-0.3, -0.25) is 14.7 Å². The maximum absolute atomic E-state index is 11.8. The van der Waals surface area contributed by atoms with Crippen LogP contribution in [0.2, 0.25) is 0 Å². The Morgan fingerprint density at radius 1 is 1.12 bits per heavy atom. The summed E-state index contributed by atoms with van der Waals surface area (Å²) in [6.45, 7) is 6.79. The molecule has 2 aliphatic rings. The minimum atomic E-state index is -0.370. The van der Waals surface area contributed by atoms with Gasteiger partial charge in [-0.1, -0.05) is 30.3 Å². The third kappa shape index (κ3) is 4.47. The zero-order valence-electron chi connectivity index (χ0n) is 14.4. The average Bonchev–Trinajstić information content (AvgIpc) is 2.63. The molecule has 0 spiro atoms. The van der Waals surface area contributed by atoms with Crippen LogP contribution in [0.3, 0.4) is 0 Å². The number of rotatable bonds is 4. The molecule has 0 aromatic heterocycles. The van der Waals surface area contributed by atoms with Gasteiger partial charge in [0.25, 0.3) is 0 Å². The highest BCUT2D eigenvalue weighted by atomic mass is 17.2. The molecule has 0 radical (unpaired) electrons. The van der Waals surface area contributed by atoms with Gasteiger partial charge in [0, 0.05) is 51.9 Å². The van der Waals surface area contributed by atoms with Crippen molar-refractivity contribution in [2.45, 2.75) is 25.4 Å². The number of amides is 1. The van der Waals surface area contributed by atoms with Gasteiger partial charge in [0.05, 0.1) is 7.11 Å². The molecule has 132 valence electrons. The number of benzene rings is 1. The van der Waals surface area contributed by atoms with Crippen LogP contribution in [-0.2, 0) is 16.3 Å². The molecule has 0 N–H and O–H groups in total. The summed E-state index contributed by atoms with van der Waals surface area (Å²) in [6.07, 6.45) is 1.80. The van der Waals surface area contributed by atoms with Crippen molar-refractivity contribution in [3.05, 3.63) is 35.9 Å². The minimum absolute atomic E-state index is 0.370. The van der Waals surface area contributed by atoms with Crippen LogP contribution in [0, 0.1) is 0 Å². The van der Waals surface area contributed by atoms with Crippen molar-refractivity contribution in [3.8, 4) is 0 Å². The van der Waals surface area contributed by atoms with E-state index in [0.29, 0.717) is 6.04 Å². The molecule has 0 bridgehead atoms. The largest absolute Gasteiger partial charge is 0.441 e. The lowest BCUT2D eigenvalue weighted by Gasteiger charge is -2.42. The fourth-order valence-corrected chi connectivity index (χ4v) is 3.67. The summed E-state index contributed by atoms with van der Waals surface area (Å²) in [5.41, 5.74) is 1.37. The highest BCUT2D eigenvalue weighted by Crippen LogP contribution is 2.19. The molecule has 6 nitrogen and oxygen atoms in total. The van der Waals surface area contributed by atoms with Gasteiger partial charge in [-0.25, -0.2) is 4.79 Å². The number of hydrogen-bond acceptors (Lipinski definition) is 5. The number of piperidine rings is 1. The molecule has 6 heteroatoms. The van der Waals surface area contributed by atoms with Crippen LogP contribution in [0.4, 0.5) is 4.79 Å². The van der Waals surface area contributed by atoms with E-state index in [1.165, 1.54) is 12.7 Å². The maximum Gasteiger partial charge on any atom is 0.441 e. The third-order valence-corrected chi connectivity index (χ3v) is 4.98. The molecule has 3 rings (SSSR count). The van der Waals surface area contributed by atoms with E-state index in [9.17, 15) is 4.79 Å². The smallest absolute Gasteiger partial charge is 0.304 e. The number of nitrogens with zero attached hydrogens (tertiary/aromatic N) is 3. The summed E-state index contributed by atoms with van der Waals surface area (Å²) in [4.78, 5) is 27.8. The van der Waals surface area contributed by atoms with Crippen molar-refractivity contribution in [1.29, 1.82) is 0 Å². The molecular formula is C18H27N3O3. The third-order valence-electron chi connectivity index (χ3n) is 4.98.